The van der Waals surface area contributed by atoms with Crippen molar-refractivity contribution in [3.63, 3.8) is 0 Å². The highest BCUT2D eigenvalue weighted by Gasteiger charge is 2.01. The van der Waals surface area contributed by atoms with Gasteiger partial charge in [-0.2, -0.15) is 0 Å². The molecule has 2 N–H and O–H groups in total. The first kappa shape index (κ1) is 10.6. The van der Waals surface area contributed by atoms with Gasteiger partial charge in [0.2, 0.25) is 0 Å². The third kappa shape index (κ3) is 2.51. The van der Waals surface area contributed by atoms with Gasteiger partial charge in [-0.25, -0.2) is 0 Å². The van der Waals surface area contributed by atoms with Gasteiger partial charge >= 0.3 is 0 Å². The summed E-state index contributed by atoms with van der Waals surface area (Å²) in [5.74, 6) is 6.13. The Kier molecular flexibility index (Phi) is 3.55. The fourth-order valence-corrected chi connectivity index (χ4v) is 1.34. The minimum absolute atomic E-state index is 0.0865. The first-order valence-corrected chi connectivity index (χ1v) is 4.55. The van der Waals surface area contributed by atoms with Gasteiger partial charge in [-0.15, -0.1) is 0 Å². The van der Waals surface area contributed by atoms with E-state index in [4.69, 9.17) is 5.11 Å². The number of hydrogen-bond donors (Lipinski definition) is 2. The summed E-state index contributed by atoms with van der Waals surface area (Å²) in [5, 5.41) is 17.9. The van der Waals surface area contributed by atoms with Crippen molar-refractivity contribution >= 4 is 0 Å². The molecular formula is C12H14O2. The minimum atomic E-state index is 0.0865. The van der Waals surface area contributed by atoms with Crippen LogP contribution in [0.3, 0.4) is 0 Å². The van der Waals surface area contributed by atoms with Crippen LogP contribution in [0.4, 0.5) is 0 Å². The minimum Gasteiger partial charge on any atom is -0.508 e. The number of aliphatic hydroxyl groups is 1. The molecule has 2 nitrogen and oxygen atoms in total. The molecule has 0 heterocycles. The highest BCUT2D eigenvalue weighted by molar-refractivity contribution is 5.49. The summed E-state index contributed by atoms with van der Waals surface area (Å²) in [5.41, 5.74) is 2.87. The van der Waals surface area contributed by atoms with Gasteiger partial charge in [-0.3, -0.25) is 0 Å². The Morgan fingerprint density at radius 3 is 2.29 bits per heavy atom. The Morgan fingerprint density at radius 2 is 1.79 bits per heavy atom. The van der Waals surface area contributed by atoms with Crippen LogP contribution in [0.5, 0.6) is 5.75 Å². The lowest BCUT2D eigenvalue weighted by Crippen LogP contribution is -1.87. The second-order valence-corrected chi connectivity index (χ2v) is 3.23. The summed E-state index contributed by atoms with van der Waals surface area (Å²) in [6, 6.07) is 3.38. The summed E-state index contributed by atoms with van der Waals surface area (Å²) in [6.45, 7) is 3.91. The number of phenolic OH excluding ortho intramolecular Hbond substituents is 1. The molecule has 0 fully saturated rings. The zero-order valence-corrected chi connectivity index (χ0v) is 8.46. The van der Waals surface area contributed by atoms with Gasteiger partial charge in [0.15, 0.2) is 0 Å². The normalized spacial score (nSPS) is 9.36. The molecule has 1 aromatic carbocycles. The number of rotatable bonds is 1. The van der Waals surface area contributed by atoms with E-state index in [1.165, 1.54) is 0 Å². The van der Waals surface area contributed by atoms with Crippen LogP contribution in [0.1, 0.15) is 23.1 Å². The maximum absolute atomic E-state index is 9.30. The number of benzene rings is 1. The van der Waals surface area contributed by atoms with E-state index < -0.39 is 0 Å². The van der Waals surface area contributed by atoms with E-state index in [1.807, 2.05) is 13.8 Å². The van der Waals surface area contributed by atoms with Gasteiger partial charge in [0.1, 0.15) is 5.75 Å². The van der Waals surface area contributed by atoms with Crippen molar-refractivity contribution in [3.8, 4) is 17.6 Å². The summed E-state index contributed by atoms with van der Waals surface area (Å²) >= 11 is 0. The highest BCUT2D eigenvalue weighted by atomic mass is 16.3. The number of aliphatic hydroxyl groups excluding tert-OH is 1. The van der Waals surface area contributed by atoms with Crippen molar-refractivity contribution in [1.29, 1.82) is 0 Å². The van der Waals surface area contributed by atoms with Crippen LogP contribution in [0.25, 0.3) is 0 Å². The third-order valence-corrected chi connectivity index (χ3v) is 1.97. The zero-order chi connectivity index (χ0) is 10.6. The number of aryl methyl sites for hydroxylation is 2. The van der Waals surface area contributed by atoms with E-state index in [0.29, 0.717) is 6.42 Å². The molecule has 0 aliphatic carbocycles. The van der Waals surface area contributed by atoms with E-state index in [9.17, 15) is 5.11 Å². The predicted octanol–water partition coefficient (Wildman–Crippen LogP) is 1.74. The van der Waals surface area contributed by atoms with Crippen molar-refractivity contribution < 1.29 is 10.2 Å². The quantitative estimate of drug-likeness (QED) is 0.662. The molecule has 0 saturated heterocycles. The van der Waals surface area contributed by atoms with Gasteiger partial charge in [0, 0.05) is 12.0 Å². The summed E-state index contributed by atoms with van der Waals surface area (Å²) in [6.07, 6.45) is 0.486. The highest BCUT2D eigenvalue weighted by Crippen LogP contribution is 2.19. The molecule has 0 atom stereocenters. The molecule has 14 heavy (non-hydrogen) atoms. The zero-order valence-electron chi connectivity index (χ0n) is 8.46. The monoisotopic (exact) mass is 190 g/mol. The van der Waals surface area contributed by atoms with E-state index in [-0.39, 0.29) is 12.4 Å². The van der Waals surface area contributed by atoms with E-state index in [1.54, 1.807) is 12.1 Å². The third-order valence-electron chi connectivity index (χ3n) is 1.97. The summed E-state index contributed by atoms with van der Waals surface area (Å²) in [7, 11) is 0. The van der Waals surface area contributed by atoms with Gasteiger partial charge in [-0.05, 0) is 37.1 Å². The lowest BCUT2D eigenvalue weighted by atomic mass is 10.0. The topological polar surface area (TPSA) is 40.5 Å². The van der Waals surface area contributed by atoms with Crippen LogP contribution in [-0.2, 0) is 0 Å². The smallest absolute Gasteiger partial charge is 0.116 e. The molecule has 0 aliphatic heterocycles. The summed E-state index contributed by atoms with van der Waals surface area (Å²) < 4.78 is 0. The SMILES string of the molecule is Cc1cc(O)cc(C)c1C#CCCO. The molecule has 0 radical (unpaired) electrons. The number of phenols is 1. The standard InChI is InChI=1S/C12H14O2/c1-9-7-11(14)8-10(2)12(9)5-3-4-6-13/h7-8,13-14H,4,6H2,1-2H3. The molecule has 0 amide bonds. The van der Waals surface area contributed by atoms with Crippen molar-refractivity contribution in [2.75, 3.05) is 6.61 Å². The molecule has 1 aromatic rings. The molecule has 2 heteroatoms. The van der Waals surface area contributed by atoms with Crippen molar-refractivity contribution in [3.05, 3.63) is 28.8 Å². The van der Waals surface area contributed by atoms with Crippen LogP contribution in [-0.4, -0.2) is 16.8 Å². The molecule has 0 spiro atoms. The second kappa shape index (κ2) is 4.69. The first-order valence-electron chi connectivity index (χ1n) is 4.55. The Hall–Kier alpha value is -1.46. The van der Waals surface area contributed by atoms with Gasteiger partial charge < -0.3 is 10.2 Å². The maximum Gasteiger partial charge on any atom is 0.116 e. The lowest BCUT2D eigenvalue weighted by Gasteiger charge is -2.03. The van der Waals surface area contributed by atoms with Gasteiger partial charge in [0.25, 0.3) is 0 Å². The van der Waals surface area contributed by atoms with E-state index >= 15 is 0 Å². The Labute approximate surface area is 84.2 Å². The molecule has 0 unspecified atom stereocenters. The lowest BCUT2D eigenvalue weighted by molar-refractivity contribution is 0.305. The Balaban J connectivity index is 3.04. The molecule has 74 valence electrons. The Morgan fingerprint density at radius 1 is 1.21 bits per heavy atom. The fraction of sp³-hybridized carbons (Fsp3) is 0.333. The molecule has 0 bridgehead atoms. The average molecular weight is 190 g/mol. The fourth-order valence-electron chi connectivity index (χ4n) is 1.34. The largest absolute Gasteiger partial charge is 0.508 e. The van der Waals surface area contributed by atoms with Crippen LogP contribution < -0.4 is 0 Å². The number of hydrogen-bond acceptors (Lipinski definition) is 2. The van der Waals surface area contributed by atoms with E-state index in [0.717, 1.165) is 16.7 Å². The van der Waals surface area contributed by atoms with Gasteiger partial charge in [-0.1, -0.05) is 11.8 Å². The molecule has 0 aromatic heterocycles. The predicted molar refractivity (Wildman–Crippen MR) is 56.2 cm³/mol. The average Bonchev–Trinajstić information content (AvgIpc) is 2.09. The van der Waals surface area contributed by atoms with Crippen molar-refractivity contribution in [2.24, 2.45) is 0 Å². The van der Waals surface area contributed by atoms with Crippen LogP contribution in [0.15, 0.2) is 12.1 Å². The van der Waals surface area contributed by atoms with E-state index in [2.05, 4.69) is 11.8 Å². The maximum atomic E-state index is 9.30. The number of aromatic hydroxyl groups is 1. The molecule has 0 saturated carbocycles. The molecular weight excluding hydrogens is 176 g/mol. The van der Waals surface area contributed by atoms with Crippen LogP contribution in [0.2, 0.25) is 0 Å². The summed E-state index contributed by atoms with van der Waals surface area (Å²) in [4.78, 5) is 0. The van der Waals surface area contributed by atoms with Crippen molar-refractivity contribution in [1.82, 2.24) is 0 Å². The first-order chi connectivity index (χ1) is 6.65. The second-order valence-electron chi connectivity index (χ2n) is 3.23. The van der Waals surface area contributed by atoms with Gasteiger partial charge in [0.05, 0.1) is 6.61 Å². The molecule has 1 rings (SSSR count). The van der Waals surface area contributed by atoms with Crippen LogP contribution >= 0.6 is 0 Å². The van der Waals surface area contributed by atoms with Crippen molar-refractivity contribution in [2.45, 2.75) is 20.3 Å². The van der Waals surface area contributed by atoms with Crippen LogP contribution in [0, 0.1) is 25.7 Å². The Bertz CT molecular complexity index is 360. The molecule has 0 aliphatic rings.